The van der Waals surface area contributed by atoms with Crippen LogP contribution in [0.3, 0.4) is 0 Å². The average Bonchev–Trinajstić information content (AvgIpc) is 2.97. The maximum Gasteiger partial charge on any atom is 0.270 e. The zero-order valence-electron chi connectivity index (χ0n) is 14.0. The number of hydrogen-bond acceptors (Lipinski definition) is 3. The van der Waals surface area contributed by atoms with E-state index < -0.39 is 0 Å². The molecule has 1 aromatic carbocycles. The van der Waals surface area contributed by atoms with Crippen molar-refractivity contribution in [3.63, 3.8) is 0 Å². The molecule has 0 saturated carbocycles. The molecule has 0 spiro atoms. The Hall–Kier alpha value is -2.41. The molecule has 1 aromatic heterocycles. The van der Waals surface area contributed by atoms with Crippen molar-refractivity contribution in [3.05, 3.63) is 35.8 Å². The van der Waals surface area contributed by atoms with Crippen molar-refractivity contribution in [1.29, 1.82) is 0 Å². The highest BCUT2D eigenvalue weighted by Crippen LogP contribution is 2.19. The molecule has 2 heterocycles. The zero-order chi connectivity index (χ0) is 17.4. The third-order valence-electron chi connectivity index (χ3n) is 4.47. The van der Waals surface area contributed by atoms with E-state index in [1.165, 1.54) is 12.1 Å². The Bertz CT molecular complexity index is 786. The summed E-state index contributed by atoms with van der Waals surface area (Å²) < 4.78 is 13.3. The lowest BCUT2D eigenvalue weighted by molar-refractivity contribution is -0.135. The maximum atomic E-state index is 13.3. The number of nitrogens with one attached hydrogen (secondary N) is 1. The molecule has 6 nitrogen and oxygen atoms in total. The summed E-state index contributed by atoms with van der Waals surface area (Å²) >= 11 is 0. The summed E-state index contributed by atoms with van der Waals surface area (Å²) in [4.78, 5) is 33.3. The van der Waals surface area contributed by atoms with E-state index in [4.69, 9.17) is 0 Å². The van der Waals surface area contributed by atoms with Gasteiger partial charge in [0.2, 0.25) is 5.91 Å². The number of piperazine rings is 1. The summed E-state index contributed by atoms with van der Waals surface area (Å²) in [5.41, 5.74) is 1.13. The third-order valence-corrected chi connectivity index (χ3v) is 4.47. The minimum absolute atomic E-state index is 0.0197. The number of amides is 2. The predicted octanol–water partition coefficient (Wildman–Crippen LogP) is 1.15. The summed E-state index contributed by atoms with van der Waals surface area (Å²) in [5.74, 6) is -0.526. The van der Waals surface area contributed by atoms with Gasteiger partial charge in [0.1, 0.15) is 17.6 Å². The number of likely N-dealkylation sites (N-methyl/N-ethyl adjacent to an activating group) is 2. The van der Waals surface area contributed by atoms with E-state index in [9.17, 15) is 14.0 Å². The molecule has 7 heteroatoms. The minimum atomic E-state index is -0.348. The van der Waals surface area contributed by atoms with E-state index in [0.717, 1.165) is 5.52 Å². The number of H-pyrrole nitrogens is 1. The van der Waals surface area contributed by atoms with Crippen LogP contribution in [0, 0.1) is 5.82 Å². The second-order valence-corrected chi connectivity index (χ2v) is 6.39. The number of rotatable bonds is 2. The van der Waals surface area contributed by atoms with Gasteiger partial charge in [-0.15, -0.1) is 0 Å². The molecule has 1 saturated heterocycles. The quantitative estimate of drug-likeness (QED) is 0.897. The highest BCUT2D eigenvalue weighted by atomic mass is 19.1. The van der Waals surface area contributed by atoms with Crippen LogP contribution in [-0.2, 0) is 4.79 Å². The number of carbonyl (C=O) groups is 2. The molecule has 128 valence electrons. The summed E-state index contributed by atoms with van der Waals surface area (Å²) in [6.07, 6.45) is 0. The molecular formula is C17H21FN4O2. The van der Waals surface area contributed by atoms with Crippen molar-refractivity contribution in [2.24, 2.45) is 0 Å². The normalized spacial score (nSPS) is 18.8. The highest BCUT2D eigenvalue weighted by Gasteiger charge is 2.33. The number of carbonyl (C=O) groups excluding carboxylic acids is 2. The smallest absolute Gasteiger partial charge is 0.270 e. The molecule has 1 aliphatic rings. The molecule has 2 amide bonds. The van der Waals surface area contributed by atoms with E-state index in [1.54, 1.807) is 36.0 Å². The van der Waals surface area contributed by atoms with Gasteiger partial charge >= 0.3 is 0 Å². The summed E-state index contributed by atoms with van der Waals surface area (Å²) in [5, 5.41) is 0.661. The van der Waals surface area contributed by atoms with Crippen LogP contribution >= 0.6 is 0 Å². The van der Waals surface area contributed by atoms with Crippen LogP contribution in [0.5, 0.6) is 0 Å². The third kappa shape index (κ3) is 2.99. The van der Waals surface area contributed by atoms with Crippen molar-refractivity contribution in [3.8, 4) is 0 Å². The molecule has 0 radical (unpaired) electrons. The molecule has 1 fully saturated rings. The number of halogens is 1. The molecular weight excluding hydrogens is 311 g/mol. The topological polar surface area (TPSA) is 59.7 Å². The van der Waals surface area contributed by atoms with E-state index in [0.29, 0.717) is 30.7 Å². The van der Waals surface area contributed by atoms with Gasteiger partial charge in [0.25, 0.3) is 5.91 Å². The summed E-state index contributed by atoms with van der Waals surface area (Å²) in [6.45, 7) is 1.52. The SMILES string of the molecule is CN(C)C(=O)C1CN(C(=O)c2cc3cc(F)ccc3[nH]2)CCN1C. The Morgan fingerprint density at radius 2 is 2.00 bits per heavy atom. The van der Waals surface area contributed by atoms with Gasteiger partial charge in [-0.3, -0.25) is 14.5 Å². The van der Waals surface area contributed by atoms with Crippen molar-refractivity contribution in [2.45, 2.75) is 6.04 Å². The van der Waals surface area contributed by atoms with Crippen molar-refractivity contribution in [2.75, 3.05) is 40.8 Å². The molecule has 1 atom stereocenters. The van der Waals surface area contributed by atoms with E-state index in [-0.39, 0.29) is 23.7 Å². The van der Waals surface area contributed by atoms with Gasteiger partial charge in [0, 0.05) is 44.6 Å². The van der Waals surface area contributed by atoms with Crippen molar-refractivity contribution in [1.82, 2.24) is 19.7 Å². The maximum absolute atomic E-state index is 13.3. The Balaban J connectivity index is 1.82. The number of nitrogens with zero attached hydrogens (tertiary/aromatic N) is 3. The molecule has 2 aromatic rings. The molecule has 3 rings (SSSR count). The van der Waals surface area contributed by atoms with E-state index >= 15 is 0 Å². The van der Waals surface area contributed by atoms with Gasteiger partial charge in [-0.2, -0.15) is 0 Å². The first-order valence-electron chi connectivity index (χ1n) is 7.86. The molecule has 0 aliphatic carbocycles. The first-order valence-corrected chi connectivity index (χ1v) is 7.86. The van der Waals surface area contributed by atoms with Gasteiger partial charge in [-0.1, -0.05) is 0 Å². The molecule has 24 heavy (non-hydrogen) atoms. The van der Waals surface area contributed by atoms with Crippen molar-refractivity contribution < 1.29 is 14.0 Å². The second-order valence-electron chi connectivity index (χ2n) is 6.39. The number of aromatic amines is 1. The predicted molar refractivity (Wildman–Crippen MR) is 89.3 cm³/mol. The Morgan fingerprint density at radius 3 is 2.71 bits per heavy atom. The zero-order valence-corrected chi connectivity index (χ0v) is 14.0. The van der Waals surface area contributed by atoms with Gasteiger partial charge in [-0.25, -0.2) is 4.39 Å². The van der Waals surface area contributed by atoms with Crippen LogP contribution in [0.25, 0.3) is 10.9 Å². The monoisotopic (exact) mass is 332 g/mol. The molecule has 0 bridgehead atoms. The summed E-state index contributed by atoms with van der Waals surface area (Å²) in [7, 11) is 5.31. The van der Waals surface area contributed by atoms with E-state index in [1.807, 2.05) is 11.9 Å². The minimum Gasteiger partial charge on any atom is -0.351 e. The fraction of sp³-hybridized carbons (Fsp3) is 0.412. The van der Waals surface area contributed by atoms with Crippen LogP contribution in [0.15, 0.2) is 24.3 Å². The first kappa shape index (κ1) is 16.4. The Kier molecular flexibility index (Phi) is 4.28. The van der Waals surface area contributed by atoms with Crippen LogP contribution < -0.4 is 0 Å². The standard InChI is InChI=1S/C17H21FN4O2/c1-20(2)17(24)15-10-22(7-6-21(15)3)16(23)14-9-11-8-12(18)4-5-13(11)19-14/h4-5,8-9,15,19H,6-7,10H2,1-3H3. The number of benzene rings is 1. The average molecular weight is 332 g/mol. The fourth-order valence-electron chi connectivity index (χ4n) is 3.01. The van der Waals surface area contributed by atoms with Gasteiger partial charge in [-0.05, 0) is 31.3 Å². The van der Waals surface area contributed by atoms with Crippen LogP contribution in [-0.4, -0.2) is 78.3 Å². The second kappa shape index (κ2) is 6.24. The number of fused-ring (bicyclic) bond motifs is 1. The molecule has 1 aliphatic heterocycles. The van der Waals surface area contributed by atoms with Crippen LogP contribution in [0.1, 0.15) is 10.5 Å². The van der Waals surface area contributed by atoms with E-state index in [2.05, 4.69) is 4.98 Å². The summed E-state index contributed by atoms with van der Waals surface area (Å²) in [6, 6.07) is 5.67. The lowest BCUT2D eigenvalue weighted by atomic mass is 10.1. The molecule has 1 unspecified atom stereocenters. The van der Waals surface area contributed by atoms with Crippen LogP contribution in [0.2, 0.25) is 0 Å². The van der Waals surface area contributed by atoms with Crippen molar-refractivity contribution >= 4 is 22.7 Å². The lowest BCUT2D eigenvalue weighted by Gasteiger charge is -2.39. The van der Waals surface area contributed by atoms with Gasteiger partial charge in [0.15, 0.2) is 0 Å². The van der Waals surface area contributed by atoms with Crippen LogP contribution in [0.4, 0.5) is 4.39 Å². The van der Waals surface area contributed by atoms with Gasteiger partial charge in [0.05, 0.1) is 0 Å². The highest BCUT2D eigenvalue weighted by molar-refractivity contribution is 5.98. The largest absolute Gasteiger partial charge is 0.351 e. The number of hydrogen-bond donors (Lipinski definition) is 1. The molecule has 1 N–H and O–H groups in total. The number of aromatic nitrogens is 1. The van der Waals surface area contributed by atoms with Gasteiger partial charge < -0.3 is 14.8 Å². The first-order chi connectivity index (χ1) is 11.4. The lowest BCUT2D eigenvalue weighted by Crippen LogP contribution is -2.58. The fourth-order valence-corrected chi connectivity index (χ4v) is 3.01. The Labute approximate surface area is 139 Å². The Morgan fingerprint density at radius 1 is 1.25 bits per heavy atom.